The summed E-state index contributed by atoms with van der Waals surface area (Å²) >= 11 is 0. The van der Waals surface area contributed by atoms with E-state index in [9.17, 15) is 4.79 Å². The van der Waals surface area contributed by atoms with Crippen LogP contribution in [0.5, 0.6) is 0 Å². The number of rotatable bonds is 3. The summed E-state index contributed by atoms with van der Waals surface area (Å²) in [5, 5.41) is 0. The molecule has 2 aliphatic heterocycles. The molecule has 2 saturated heterocycles. The molecule has 2 heteroatoms. The smallest absolute Gasteiger partial charge is 0.143 e. The molecule has 2 aliphatic rings. The molecule has 0 amide bonds. The molecule has 1 aromatic carbocycles. The molecular weight excluding hydrogens is 224 g/mol. The van der Waals surface area contributed by atoms with Gasteiger partial charge in [0.25, 0.3) is 0 Å². The molecule has 0 radical (unpaired) electrons. The molecule has 96 valence electrons. The van der Waals surface area contributed by atoms with Gasteiger partial charge in [-0.1, -0.05) is 29.3 Å². The third kappa shape index (κ3) is 2.22. The maximum atomic E-state index is 12.3. The molecule has 18 heavy (non-hydrogen) atoms. The van der Waals surface area contributed by atoms with Gasteiger partial charge >= 0.3 is 0 Å². The highest BCUT2D eigenvalue weighted by atomic mass is 16.5. The van der Waals surface area contributed by atoms with Crippen molar-refractivity contribution in [1.29, 1.82) is 0 Å². The van der Waals surface area contributed by atoms with Gasteiger partial charge in [-0.05, 0) is 38.7 Å². The van der Waals surface area contributed by atoms with Gasteiger partial charge in [0, 0.05) is 12.3 Å². The molecule has 2 bridgehead atoms. The van der Waals surface area contributed by atoms with E-state index in [0.717, 1.165) is 24.8 Å². The molecule has 3 atom stereocenters. The number of aryl methyl sites for hydroxylation is 2. The summed E-state index contributed by atoms with van der Waals surface area (Å²) in [5.74, 6) is 0.525. The van der Waals surface area contributed by atoms with E-state index in [2.05, 4.69) is 32.0 Å². The summed E-state index contributed by atoms with van der Waals surface area (Å²) in [4.78, 5) is 12.3. The van der Waals surface area contributed by atoms with Crippen molar-refractivity contribution >= 4 is 5.78 Å². The Morgan fingerprint density at radius 3 is 2.50 bits per heavy atom. The van der Waals surface area contributed by atoms with E-state index in [0.29, 0.717) is 18.3 Å². The first kappa shape index (κ1) is 11.9. The molecule has 0 saturated carbocycles. The minimum absolute atomic E-state index is 0.157. The first-order valence-corrected chi connectivity index (χ1v) is 6.87. The number of carbonyl (C=O) groups excluding carboxylic acids is 1. The Morgan fingerprint density at radius 2 is 1.94 bits per heavy atom. The van der Waals surface area contributed by atoms with E-state index in [-0.39, 0.29) is 12.0 Å². The zero-order valence-electron chi connectivity index (χ0n) is 11.1. The monoisotopic (exact) mass is 244 g/mol. The highest BCUT2D eigenvalue weighted by Gasteiger charge is 2.43. The summed E-state index contributed by atoms with van der Waals surface area (Å²) in [7, 11) is 0. The van der Waals surface area contributed by atoms with Crippen molar-refractivity contribution in [2.45, 2.75) is 51.7 Å². The Labute approximate surface area is 108 Å². The van der Waals surface area contributed by atoms with E-state index in [1.165, 1.54) is 11.1 Å². The Morgan fingerprint density at radius 1 is 1.22 bits per heavy atom. The minimum atomic E-state index is 0.157. The van der Waals surface area contributed by atoms with E-state index in [1.807, 2.05) is 0 Å². The Kier molecular flexibility index (Phi) is 2.98. The van der Waals surface area contributed by atoms with Crippen molar-refractivity contribution < 1.29 is 9.53 Å². The van der Waals surface area contributed by atoms with E-state index >= 15 is 0 Å². The average molecular weight is 244 g/mol. The highest BCUT2D eigenvalue weighted by molar-refractivity contribution is 5.84. The fraction of sp³-hybridized carbons (Fsp3) is 0.562. The van der Waals surface area contributed by atoms with Crippen molar-refractivity contribution in [2.24, 2.45) is 5.92 Å². The van der Waals surface area contributed by atoms with Crippen LogP contribution < -0.4 is 0 Å². The summed E-state index contributed by atoms with van der Waals surface area (Å²) in [6.07, 6.45) is 4.33. The van der Waals surface area contributed by atoms with Gasteiger partial charge in [0.1, 0.15) is 5.78 Å². The second kappa shape index (κ2) is 4.51. The molecule has 1 aromatic rings. The lowest BCUT2D eigenvalue weighted by atomic mass is 9.84. The van der Waals surface area contributed by atoms with E-state index in [1.54, 1.807) is 0 Å². The van der Waals surface area contributed by atoms with Crippen LogP contribution in [0, 0.1) is 19.8 Å². The molecule has 0 N–H and O–H groups in total. The van der Waals surface area contributed by atoms with Crippen molar-refractivity contribution in [3.63, 3.8) is 0 Å². The molecule has 2 heterocycles. The third-order valence-corrected chi connectivity index (χ3v) is 4.18. The normalized spacial score (nSPS) is 29.8. The van der Waals surface area contributed by atoms with Crippen molar-refractivity contribution in [2.75, 3.05) is 0 Å². The highest BCUT2D eigenvalue weighted by Crippen LogP contribution is 2.39. The SMILES string of the molecule is Cc1cc(C)cc(CC(=O)C2CC3CCC2O3)c1. The number of fused-ring (bicyclic) bond motifs is 2. The quantitative estimate of drug-likeness (QED) is 0.817. The van der Waals surface area contributed by atoms with Crippen LogP contribution in [0.4, 0.5) is 0 Å². The standard InChI is InChI=1S/C16H20O2/c1-10-5-11(2)7-12(6-10)8-15(17)14-9-13-3-4-16(14)18-13/h5-7,13-14,16H,3-4,8-9H2,1-2H3. The lowest BCUT2D eigenvalue weighted by Crippen LogP contribution is -2.26. The lowest BCUT2D eigenvalue weighted by Gasteiger charge is -2.17. The first-order valence-electron chi connectivity index (χ1n) is 6.87. The zero-order chi connectivity index (χ0) is 12.7. The number of Topliss-reactive ketones (excluding diaryl/α,β-unsaturated/α-hetero) is 1. The van der Waals surface area contributed by atoms with Gasteiger partial charge in [-0.3, -0.25) is 4.79 Å². The van der Waals surface area contributed by atoms with Crippen LogP contribution in [0.3, 0.4) is 0 Å². The number of ether oxygens (including phenoxy) is 1. The minimum Gasteiger partial charge on any atom is -0.374 e. The summed E-state index contributed by atoms with van der Waals surface area (Å²) in [6.45, 7) is 4.17. The third-order valence-electron chi connectivity index (χ3n) is 4.18. The van der Waals surface area contributed by atoms with Crippen LogP contribution in [0.1, 0.15) is 36.0 Å². The van der Waals surface area contributed by atoms with Crippen LogP contribution >= 0.6 is 0 Å². The van der Waals surface area contributed by atoms with Crippen molar-refractivity contribution in [3.8, 4) is 0 Å². The van der Waals surface area contributed by atoms with Crippen molar-refractivity contribution in [1.82, 2.24) is 0 Å². The van der Waals surface area contributed by atoms with Gasteiger partial charge in [0.15, 0.2) is 0 Å². The number of benzene rings is 1. The maximum absolute atomic E-state index is 12.3. The Hall–Kier alpha value is -1.15. The van der Waals surface area contributed by atoms with E-state index in [4.69, 9.17) is 4.74 Å². The van der Waals surface area contributed by atoms with Gasteiger partial charge in [0.05, 0.1) is 12.2 Å². The first-order chi connectivity index (χ1) is 8.61. The average Bonchev–Trinajstić information content (AvgIpc) is 2.88. The summed E-state index contributed by atoms with van der Waals surface area (Å²) < 4.78 is 5.77. The lowest BCUT2D eigenvalue weighted by molar-refractivity contribution is -0.123. The van der Waals surface area contributed by atoms with Crippen LogP contribution in [-0.4, -0.2) is 18.0 Å². The maximum Gasteiger partial charge on any atom is 0.143 e. The molecule has 0 aliphatic carbocycles. The fourth-order valence-corrected chi connectivity index (χ4v) is 3.48. The zero-order valence-corrected chi connectivity index (χ0v) is 11.1. The van der Waals surface area contributed by atoms with Crippen molar-refractivity contribution in [3.05, 3.63) is 34.9 Å². The van der Waals surface area contributed by atoms with Crippen LogP contribution in [-0.2, 0) is 16.0 Å². The summed E-state index contributed by atoms with van der Waals surface area (Å²) in [5.41, 5.74) is 3.63. The van der Waals surface area contributed by atoms with Crippen LogP contribution in [0.15, 0.2) is 18.2 Å². The fourth-order valence-electron chi connectivity index (χ4n) is 3.48. The number of hydrogen-bond donors (Lipinski definition) is 0. The predicted octanol–water partition coefficient (Wildman–Crippen LogP) is 2.98. The molecule has 2 nitrogen and oxygen atoms in total. The number of ketones is 1. The van der Waals surface area contributed by atoms with Gasteiger partial charge in [-0.2, -0.15) is 0 Å². The Bertz CT molecular complexity index is 458. The van der Waals surface area contributed by atoms with Crippen LogP contribution in [0.2, 0.25) is 0 Å². The number of carbonyl (C=O) groups is 1. The molecule has 2 fully saturated rings. The summed E-state index contributed by atoms with van der Waals surface area (Å²) in [6, 6.07) is 6.40. The molecular formula is C16H20O2. The number of hydrogen-bond acceptors (Lipinski definition) is 2. The molecule has 0 spiro atoms. The van der Waals surface area contributed by atoms with Gasteiger partial charge < -0.3 is 4.74 Å². The van der Waals surface area contributed by atoms with Gasteiger partial charge in [0.2, 0.25) is 0 Å². The largest absolute Gasteiger partial charge is 0.374 e. The topological polar surface area (TPSA) is 26.3 Å². The second-order valence-electron chi connectivity index (χ2n) is 5.86. The van der Waals surface area contributed by atoms with Crippen LogP contribution in [0.25, 0.3) is 0 Å². The predicted molar refractivity (Wildman–Crippen MR) is 70.6 cm³/mol. The van der Waals surface area contributed by atoms with Gasteiger partial charge in [-0.15, -0.1) is 0 Å². The molecule has 3 rings (SSSR count). The van der Waals surface area contributed by atoms with E-state index < -0.39 is 0 Å². The Balaban J connectivity index is 1.70. The molecule has 3 unspecified atom stereocenters. The molecule has 0 aromatic heterocycles. The second-order valence-corrected chi connectivity index (χ2v) is 5.86. The van der Waals surface area contributed by atoms with Gasteiger partial charge in [-0.25, -0.2) is 0 Å².